The van der Waals surface area contributed by atoms with Crippen LogP contribution in [-0.2, 0) is 6.42 Å². The summed E-state index contributed by atoms with van der Waals surface area (Å²) in [7, 11) is 0. The Kier molecular flexibility index (Phi) is 6.08. The third kappa shape index (κ3) is 4.46. The van der Waals surface area contributed by atoms with Gasteiger partial charge in [-0.25, -0.2) is 8.78 Å². The van der Waals surface area contributed by atoms with Crippen molar-refractivity contribution in [1.29, 1.82) is 0 Å². The van der Waals surface area contributed by atoms with Gasteiger partial charge in [0.05, 0.1) is 0 Å². The van der Waals surface area contributed by atoms with Crippen LogP contribution in [0.1, 0.15) is 70.3 Å². The molecule has 1 atom stereocenters. The highest BCUT2D eigenvalue weighted by Gasteiger charge is 2.27. The molecule has 1 fully saturated rings. The average molecular weight is 332 g/mol. The van der Waals surface area contributed by atoms with E-state index in [1.54, 1.807) is 6.07 Å². The molecule has 2 heteroatoms. The summed E-state index contributed by atoms with van der Waals surface area (Å²) in [5.74, 6) is 1.32. The topological polar surface area (TPSA) is 0 Å². The number of halogens is 2. The Morgan fingerprint density at radius 2 is 1.71 bits per heavy atom. The lowest BCUT2D eigenvalue weighted by Gasteiger charge is -2.35. The lowest BCUT2D eigenvalue weighted by molar-refractivity contribution is 0.189. The van der Waals surface area contributed by atoms with Crippen LogP contribution in [0.4, 0.5) is 8.78 Å². The third-order valence-corrected chi connectivity index (χ3v) is 6.40. The van der Waals surface area contributed by atoms with Crippen LogP contribution >= 0.6 is 0 Å². The van der Waals surface area contributed by atoms with Gasteiger partial charge in [0.2, 0.25) is 0 Å². The largest absolute Gasteiger partial charge is 0.204 e. The molecule has 0 amide bonds. The highest BCUT2D eigenvalue weighted by molar-refractivity contribution is 5.20. The van der Waals surface area contributed by atoms with Crippen LogP contribution in [0.15, 0.2) is 29.8 Å². The molecule has 0 aliphatic heterocycles. The van der Waals surface area contributed by atoms with Crippen molar-refractivity contribution >= 4 is 0 Å². The number of allylic oxidation sites excluding steroid dienone is 2. The predicted octanol–water partition coefficient (Wildman–Crippen LogP) is 6.84. The normalized spacial score (nSPS) is 27.8. The van der Waals surface area contributed by atoms with Gasteiger partial charge >= 0.3 is 0 Å². The van der Waals surface area contributed by atoms with Gasteiger partial charge in [-0.2, -0.15) is 0 Å². The maximum atomic E-state index is 13.3. The van der Waals surface area contributed by atoms with Crippen molar-refractivity contribution in [3.8, 4) is 0 Å². The Bertz CT molecular complexity index is 567. The highest BCUT2D eigenvalue weighted by Crippen LogP contribution is 2.40. The summed E-state index contributed by atoms with van der Waals surface area (Å²) in [6.45, 7) is 2.33. The quantitative estimate of drug-likeness (QED) is 0.518. The Morgan fingerprint density at radius 1 is 0.917 bits per heavy atom. The fourth-order valence-electron chi connectivity index (χ4n) is 4.63. The lowest BCUT2D eigenvalue weighted by atomic mass is 9.71. The Balaban J connectivity index is 1.46. The zero-order chi connectivity index (χ0) is 16.9. The van der Waals surface area contributed by atoms with Gasteiger partial charge in [0, 0.05) is 0 Å². The zero-order valence-electron chi connectivity index (χ0n) is 14.9. The summed E-state index contributed by atoms with van der Waals surface area (Å²) in [6.07, 6.45) is 15.1. The number of aryl methyl sites for hydroxylation is 1. The van der Waals surface area contributed by atoms with Gasteiger partial charge in [-0.1, -0.05) is 43.9 Å². The van der Waals surface area contributed by atoms with E-state index in [9.17, 15) is 8.78 Å². The number of hydrogen-bond donors (Lipinski definition) is 0. The smallest absolute Gasteiger partial charge is 0.159 e. The highest BCUT2D eigenvalue weighted by atomic mass is 19.2. The van der Waals surface area contributed by atoms with E-state index in [-0.39, 0.29) is 0 Å². The van der Waals surface area contributed by atoms with Gasteiger partial charge in [-0.05, 0) is 80.4 Å². The van der Waals surface area contributed by atoms with Crippen LogP contribution in [0.5, 0.6) is 0 Å². The number of benzene rings is 1. The second-order valence-corrected chi connectivity index (χ2v) is 7.83. The molecule has 2 aliphatic carbocycles. The molecule has 1 aromatic rings. The lowest BCUT2D eigenvalue weighted by Crippen LogP contribution is -2.23. The first kappa shape index (κ1) is 17.6. The maximum absolute atomic E-state index is 13.3. The summed E-state index contributed by atoms with van der Waals surface area (Å²) in [6, 6.07) is 4.28. The van der Waals surface area contributed by atoms with Crippen molar-refractivity contribution in [3.63, 3.8) is 0 Å². The molecule has 0 saturated heterocycles. The van der Waals surface area contributed by atoms with Crippen LogP contribution in [0.25, 0.3) is 0 Å². The van der Waals surface area contributed by atoms with E-state index in [0.717, 1.165) is 36.2 Å². The van der Waals surface area contributed by atoms with E-state index >= 15 is 0 Å². The van der Waals surface area contributed by atoms with Crippen molar-refractivity contribution in [2.24, 2.45) is 17.8 Å². The molecule has 0 bridgehead atoms. The Morgan fingerprint density at radius 3 is 2.33 bits per heavy atom. The second-order valence-electron chi connectivity index (χ2n) is 7.83. The first-order valence-electron chi connectivity index (χ1n) is 9.77. The van der Waals surface area contributed by atoms with Crippen molar-refractivity contribution < 1.29 is 8.78 Å². The summed E-state index contributed by atoms with van der Waals surface area (Å²) >= 11 is 0. The minimum absolute atomic E-state index is 0.729. The molecule has 0 spiro atoms. The molecular formula is C22H30F2. The van der Waals surface area contributed by atoms with Gasteiger partial charge in [0.15, 0.2) is 11.6 Å². The average Bonchev–Trinajstić information content (AvgIpc) is 2.63. The van der Waals surface area contributed by atoms with Crippen LogP contribution in [0, 0.1) is 29.4 Å². The molecule has 2 aliphatic rings. The molecule has 0 aromatic heterocycles. The minimum atomic E-state index is -0.753. The maximum Gasteiger partial charge on any atom is 0.159 e. The monoisotopic (exact) mass is 332 g/mol. The molecule has 1 aromatic carbocycles. The molecule has 0 heterocycles. The molecule has 24 heavy (non-hydrogen) atoms. The second kappa shape index (κ2) is 8.27. The first-order chi connectivity index (χ1) is 11.7. The fourth-order valence-corrected chi connectivity index (χ4v) is 4.63. The molecule has 132 valence electrons. The van der Waals surface area contributed by atoms with Gasteiger partial charge in [-0.3, -0.25) is 0 Å². The Hall–Kier alpha value is -1.18. The standard InChI is InChI=1S/C22H30F2/c1-2-16-5-10-19(11-6-16)20-12-7-17(8-13-20)3-4-18-9-14-21(23)22(24)15-18/h7,9,14-16,19-20H,2-6,8,10-13H2,1H3/t16-,19-,20?. The minimum Gasteiger partial charge on any atom is -0.204 e. The van der Waals surface area contributed by atoms with Gasteiger partial charge < -0.3 is 0 Å². The molecule has 1 saturated carbocycles. The van der Waals surface area contributed by atoms with Crippen LogP contribution in [0.3, 0.4) is 0 Å². The van der Waals surface area contributed by atoms with E-state index in [1.807, 2.05) is 0 Å². The van der Waals surface area contributed by atoms with Crippen molar-refractivity contribution in [2.45, 2.75) is 71.1 Å². The van der Waals surface area contributed by atoms with Gasteiger partial charge in [0.25, 0.3) is 0 Å². The summed E-state index contributed by atoms with van der Waals surface area (Å²) in [4.78, 5) is 0. The SMILES string of the molecule is CC[C@H]1CC[C@H](C2CC=C(CCc3ccc(F)c(F)c3)CC2)CC1. The third-order valence-electron chi connectivity index (χ3n) is 6.40. The van der Waals surface area contributed by atoms with E-state index in [2.05, 4.69) is 13.0 Å². The number of hydrogen-bond acceptors (Lipinski definition) is 0. The Labute approximate surface area is 145 Å². The van der Waals surface area contributed by atoms with E-state index < -0.39 is 11.6 Å². The summed E-state index contributed by atoms with van der Waals surface area (Å²) < 4.78 is 26.2. The van der Waals surface area contributed by atoms with E-state index in [4.69, 9.17) is 0 Å². The molecule has 1 unspecified atom stereocenters. The van der Waals surface area contributed by atoms with Crippen LogP contribution < -0.4 is 0 Å². The van der Waals surface area contributed by atoms with E-state index in [0.29, 0.717) is 0 Å². The van der Waals surface area contributed by atoms with Crippen LogP contribution in [0.2, 0.25) is 0 Å². The van der Waals surface area contributed by atoms with E-state index in [1.165, 1.54) is 69.1 Å². The van der Waals surface area contributed by atoms with Gasteiger partial charge in [-0.15, -0.1) is 0 Å². The summed E-state index contributed by atoms with van der Waals surface area (Å²) in [5, 5.41) is 0. The van der Waals surface area contributed by atoms with Crippen molar-refractivity contribution in [1.82, 2.24) is 0 Å². The zero-order valence-corrected chi connectivity index (χ0v) is 14.9. The molecule has 0 N–H and O–H groups in total. The molecule has 3 rings (SSSR count). The molecule has 0 nitrogen and oxygen atoms in total. The first-order valence-corrected chi connectivity index (χ1v) is 9.77. The fraction of sp³-hybridized carbons (Fsp3) is 0.636. The van der Waals surface area contributed by atoms with Crippen LogP contribution in [-0.4, -0.2) is 0 Å². The number of rotatable bonds is 5. The molecular weight excluding hydrogens is 302 g/mol. The van der Waals surface area contributed by atoms with Crippen molar-refractivity contribution in [3.05, 3.63) is 47.0 Å². The molecule has 0 radical (unpaired) electrons. The predicted molar refractivity (Wildman–Crippen MR) is 95.8 cm³/mol. The van der Waals surface area contributed by atoms with Gasteiger partial charge in [0.1, 0.15) is 0 Å². The summed E-state index contributed by atoms with van der Waals surface area (Å²) in [5.41, 5.74) is 2.41. The van der Waals surface area contributed by atoms with Crippen molar-refractivity contribution in [2.75, 3.05) is 0 Å².